The Bertz CT molecular complexity index is 597. The number of nitriles is 1. The van der Waals surface area contributed by atoms with Crippen LogP contribution in [0.5, 0.6) is 0 Å². The quantitative estimate of drug-likeness (QED) is 0.864. The highest BCUT2D eigenvalue weighted by atomic mass is 32.2. The zero-order chi connectivity index (χ0) is 15.3. The summed E-state index contributed by atoms with van der Waals surface area (Å²) in [6.07, 6.45) is 3.75. The van der Waals surface area contributed by atoms with Crippen LogP contribution in [0.3, 0.4) is 0 Å². The van der Waals surface area contributed by atoms with Gasteiger partial charge in [0.2, 0.25) is 10.0 Å². The maximum atomic E-state index is 12.2. The van der Waals surface area contributed by atoms with Crippen molar-refractivity contribution in [1.82, 2.24) is 10.0 Å². The molecule has 1 aromatic rings. The normalized spacial score (nSPS) is 22.7. The summed E-state index contributed by atoms with van der Waals surface area (Å²) in [4.78, 5) is 0. The van der Waals surface area contributed by atoms with Gasteiger partial charge < -0.3 is 5.32 Å². The van der Waals surface area contributed by atoms with Gasteiger partial charge in [-0.3, -0.25) is 0 Å². The highest BCUT2D eigenvalue weighted by Gasteiger charge is 2.24. The van der Waals surface area contributed by atoms with Crippen LogP contribution in [-0.2, 0) is 15.8 Å². The third-order valence-corrected chi connectivity index (χ3v) is 5.33. The van der Waals surface area contributed by atoms with Gasteiger partial charge in [-0.15, -0.1) is 0 Å². The summed E-state index contributed by atoms with van der Waals surface area (Å²) in [5.41, 5.74) is 1.24. The first-order valence-electron chi connectivity index (χ1n) is 7.19. The van der Waals surface area contributed by atoms with E-state index in [4.69, 9.17) is 5.26 Å². The molecule has 21 heavy (non-hydrogen) atoms. The molecule has 0 bridgehead atoms. The Morgan fingerprint density at radius 2 is 1.71 bits per heavy atom. The van der Waals surface area contributed by atoms with E-state index in [9.17, 15) is 8.42 Å². The Hall–Kier alpha value is -1.42. The van der Waals surface area contributed by atoms with Crippen LogP contribution >= 0.6 is 0 Å². The molecular formula is C15H21N3O2S. The molecule has 1 saturated carbocycles. The molecule has 1 fully saturated rings. The topological polar surface area (TPSA) is 82.0 Å². The van der Waals surface area contributed by atoms with Gasteiger partial charge in [0, 0.05) is 12.1 Å². The van der Waals surface area contributed by atoms with Gasteiger partial charge in [-0.2, -0.15) is 5.26 Å². The minimum atomic E-state index is -3.33. The molecule has 0 spiro atoms. The second kappa shape index (κ2) is 7.03. The van der Waals surface area contributed by atoms with Crippen LogP contribution in [0.4, 0.5) is 0 Å². The Balaban J connectivity index is 1.91. The molecule has 0 heterocycles. The molecule has 0 radical (unpaired) electrons. The van der Waals surface area contributed by atoms with E-state index in [1.807, 2.05) is 13.1 Å². The molecule has 0 unspecified atom stereocenters. The Morgan fingerprint density at radius 3 is 2.24 bits per heavy atom. The zero-order valence-corrected chi connectivity index (χ0v) is 13.0. The first-order chi connectivity index (χ1) is 10.0. The number of nitrogens with one attached hydrogen (secondary N) is 2. The predicted molar refractivity (Wildman–Crippen MR) is 82.0 cm³/mol. The van der Waals surface area contributed by atoms with Crippen LogP contribution in [0.25, 0.3) is 0 Å². The lowest BCUT2D eigenvalue weighted by atomic mass is 9.92. The van der Waals surface area contributed by atoms with E-state index in [1.165, 1.54) is 0 Å². The summed E-state index contributed by atoms with van der Waals surface area (Å²) in [6.45, 7) is 0. The number of hydrogen-bond acceptors (Lipinski definition) is 4. The molecule has 2 rings (SSSR count). The van der Waals surface area contributed by atoms with Crippen molar-refractivity contribution in [2.24, 2.45) is 0 Å². The molecule has 2 N–H and O–H groups in total. The van der Waals surface area contributed by atoms with Crippen LogP contribution in [0.2, 0.25) is 0 Å². The van der Waals surface area contributed by atoms with Gasteiger partial charge in [0.15, 0.2) is 0 Å². The van der Waals surface area contributed by atoms with E-state index >= 15 is 0 Å². The molecule has 1 aromatic carbocycles. The Kier molecular flexibility index (Phi) is 5.34. The summed E-state index contributed by atoms with van der Waals surface area (Å²) in [6, 6.07) is 9.23. The molecule has 114 valence electrons. The fourth-order valence-electron chi connectivity index (χ4n) is 2.69. The summed E-state index contributed by atoms with van der Waals surface area (Å²) >= 11 is 0. The smallest absolute Gasteiger partial charge is 0.216 e. The van der Waals surface area contributed by atoms with E-state index in [2.05, 4.69) is 10.0 Å². The van der Waals surface area contributed by atoms with Gasteiger partial charge in [0.05, 0.1) is 17.4 Å². The van der Waals surface area contributed by atoms with E-state index in [0.717, 1.165) is 25.7 Å². The van der Waals surface area contributed by atoms with Crippen molar-refractivity contribution >= 4 is 10.0 Å². The van der Waals surface area contributed by atoms with E-state index < -0.39 is 10.0 Å². The lowest BCUT2D eigenvalue weighted by Gasteiger charge is -2.28. The monoisotopic (exact) mass is 307 g/mol. The van der Waals surface area contributed by atoms with Crippen LogP contribution in [0.15, 0.2) is 24.3 Å². The number of rotatable bonds is 5. The summed E-state index contributed by atoms with van der Waals surface area (Å²) in [7, 11) is -1.39. The first kappa shape index (κ1) is 16.0. The number of benzene rings is 1. The molecule has 6 heteroatoms. The predicted octanol–water partition coefficient (Wildman–Crippen LogP) is 1.51. The van der Waals surface area contributed by atoms with E-state index in [1.54, 1.807) is 24.3 Å². The van der Waals surface area contributed by atoms with Gasteiger partial charge in [-0.1, -0.05) is 12.1 Å². The summed E-state index contributed by atoms with van der Waals surface area (Å²) in [5, 5.41) is 12.0. The maximum absolute atomic E-state index is 12.2. The number of nitrogens with zero attached hydrogens (tertiary/aromatic N) is 1. The number of sulfonamides is 1. The van der Waals surface area contributed by atoms with Gasteiger partial charge in [0.25, 0.3) is 0 Å². The van der Waals surface area contributed by atoms with Gasteiger partial charge in [0.1, 0.15) is 0 Å². The third-order valence-electron chi connectivity index (χ3n) is 3.92. The maximum Gasteiger partial charge on any atom is 0.216 e. The molecule has 0 aliphatic heterocycles. The average molecular weight is 307 g/mol. The second-order valence-electron chi connectivity index (χ2n) is 5.52. The zero-order valence-electron chi connectivity index (χ0n) is 12.2. The highest BCUT2D eigenvalue weighted by molar-refractivity contribution is 7.88. The van der Waals surface area contributed by atoms with Gasteiger partial charge >= 0.3 is 0 Å². The molecule has 1 aliphatic rings. The van der Waals surface area contributed by atoms with Crippen LogP contribution in [-0.4, -0.2) is 27.5 Å². The van der Waals surface area contributed by atoms with E-state index in [-0.39, 0.29) is 11.8 Å². The molecule has 0 amide bonds. The van der Waals surface area contributed by atoms with Crippen LogP contribution in [0.1, 0.15) is 36.8 Å². The van der Waals surface area contributed by atoms with Crippen molar-refractivity contribution in [3.8, 4) is 6.07 Å². The average Bonchev–Trinajstić information content (AvgIpc) is 2.48. The van der Waals surface area contributed by atoms with Crippen LogP contribution in [0, 0.1) is 11.3 Å². The molecule has 0 saturated heterocycles. The lowest BCUT2D eigenvalue weighted by molar-refractivity contribution is 0.342. The number of hydrogen-bond donors (Lipinski definition) is 2. The van der Waals surface area contributed by atoms with Crippen LogP contribution < -0.4 is 10.0 Å². The lowest BCUT2D eigenvalue weighted by Crippen LogP contribution is -2.41. The van der Waals surface area contributed by atoms with E-state index in [0.29, 0.717) is 17.2 Å². The second-order valence-corrected chi connectivity index (χ2v) is 7.28. The van der Waals surface area contributed by atoms with Crippen molar-refractivity contribution in [2.75, 3.05) is 7.05 Å². The van der Waals surface area contributed by atoms with Gasteiger partial charge in [-0.25, -0.2) is 13.1 Å². The molecular weight excluding hydrogens is 286 g/mol. The Morgan fingerprint density at radius 1 is 1.14 bits per heavy atom. The summed E-state index contributed by atoms with van der Waals surface area (Å²) in [5.74, 6) is -0.0370. The van der Waals surface area contributed by atoms with Crippen molar-refractivity contribution in [3.05, 3.63) is 35.4 Å². The minimum absolute atomic E-state index is 0.0370. The largest absolute Gasteiger partial charge is 0.317 e. The SMILES string of the molecule is CNC1CCC(NS(=O)(=O)Cc2ccc(C#N)cc2)CC1. The van der Waals surface area contributed by atoms with Crippen molar-refractivity contribution < 1.29 is 8.42 Å². The van der Waals surface area contributed by atoms with Crippen molar-refractivity contribution in [3.63, 3.8) is 0 Å². The third kappa shape index (κ3) is 4.81. The highest BCUT2D eigenvalue weighted by Crippen LogP contribution is 2.19. The summed E-state index contributed by atoms with van der Waals surface area (Å²) < 4.78 is 27.2. The Labute approximate surface area is 126 Å². The van der Waals surface area contributed by atoms with Gasteiger partial charge in [-0.05, 0) is 50.4 Å². The first-order valence-corrected chi connectivity index (χ1v) is 8.84. The van der Waals surface area contributed by atoms with Crippen molar-refractivity contribution in [1.29, 1.82) is 5.26 Å². The standard InChI is InChI=1S/C15H21N3O2S/c1-17-14-6-8-15(9-7-14)18-21(19,20)11-13-4-2-12(10-16)3-5-13/h2-5,14-15,17-18H,6-9,11H2,1H3. The fraction of sp³-hybridized carbons (Fsp3) is 0.533. The molecule has 0 atom stereocenters. The molecule has 5 nitrogen and oxygen atoms in total. The minimum Gasteiger partial charge on any atom is -0.317 e. The van der Waals surface area contributed by atoms with Crippen molar-refractivity contribution in [2.45, 2.75) is 43.5 Å². The molecule has 1 aliphatic carbocycles. The fourth-order valence-corrected chi connectivity index (χ4v) is 4.15. The molecule has 0 aromatic heterocycles.